The van der Waals surface area contributed by atoms with Crippen LogP contribution in [-0.4, -0.2) is 30.4 Å². The molecule has 1 amide bonds. The van der Waals surface area contributed by atoms with Gasteiger partial charge in [0.15, 0.2) is 0 Å². The summed E-state index contributed by atoms with van der Waals surface area (Å²) in [5, 5.41) is 3.38. The molecule has 3 nitrogen and oxygen atoms in total. The van der Waals surface area contributed by atoms with E-state index in [4.69, 9.17) is 0 Å². The van der Waals surface area contributed by atoms with Gasteiger partial charge in [0.25, 0.3) is 5.91 Å². The van der Waals surface area contributed by atoms with Crippen LogP contribution < -0.4 is 5.32 Å². The molecule has 3 heteroatoms. The highest BCUT2D eigenvalue weighted by atomic mass is 16.2. The van der Waals surface area contributed by atoms with Crippen molar-refractivity contribution in [1.29, 1.82) is 0 Å². The smallest absolute Gasteiger partial charge is 0.254 e. The zero-order chi connectivity index (χ0) is 13.0. The summed E-state index contributed by atoms with van der Waals surface area (Å²) in [6.07, 6.45) is 3.12. The first-order valence-electron chi connectivity index (χ1n) is 6.93. The van der Waals surface area contributed by atoms with Gasteiger partial charge in [-0.25, -0.2) is 0 Å². The fourth-order valence-electron chi connectivity index (χ4n) is 2.55. The van der Waals surface area contributed by atoms with E-state index in [1.165, 1.54) is 5.56 Å². The van der Waals surface area contributed by atoms with Gasteiger partial charge in [-0.3, -0.25) is 4.79 Å². The maximum absolute atomic E-state index is 12.5. The Morgan fingerprint density at radius 2 is 2.22 bits per heavy atom. The monoisotopic (exact) mass is 246 g/mol. The molecule has 0 saturated carbocycles. The lowest BCUT2D eigenvalue weighted by molar-refractivity contribution is 0.0763. The second-order valence-electron chi connectivity index (χ2n) is 4.75. The number of fused-ring (bicyclic) bond motifs is 1. The number of anilines is 1. The van der Waals surface area contributed by atoms with E-state index in [1.54, 1.807) is 0 Å². The van der Waals surface area contributed by atoms with Gasteiger partial charge in [-0.2, -0.15) is 0 Å². The molecule has 1 aromatic rings. The Kier molecular flexibility index (Phi) is 4.24. The highest BCUT2D eigenvalue weighted by molar-refractivity contribution is 5.97. The Morgan fingerprint density at radius 1 is 1.39 bits per heavy atom. The van der Waals surface area contributed by atoms with Crippen LogP contribution >= 0.6 is 0 Å². The number of rotatable bonds is 4. The van der Waals surface area contributed by atoms with Crippen molar-refractivity contribution >= 4 is 11.6 Å². The van der Waals surface area contributed by atoms with Crippen LogP contribution in [0.1, 0.15) is 42.6 Å². The molecule has 0 bridgehead atoms. The minimum absolute atomic E-state index is 0.180. The van der Waals surface area contributed by atoms with Crippen molar-refractivity contribution in [3.05, 3.63) is 29.3 Å². The summed E-state index contributed by atoms with van der Waals surface area (Å²) in [6.45, 7) is 6.78. The molecule has 0 aromatic heterocycles. The van der Waals surface area contributed by atoms with Crippen molar-refractivity contribution in [3.8, 4) is 0 Å². The lowest BCUT2D eigenvalue weighted by Gasteiger charge is -2.25. The van der Waals surface area contributed by atoms with Crippen LogP contribution in [0.4, 0.5) is 5.69 Å². The number of carbonyl (C=O) groups excluding carboxylic acids is 1. The van der Waals surface area contributed by atoms with Crippen LogP contribution in [0.3, 0.4) is 0 Å². The zero-order valence-electron chi connectivity index (χ0n) is 11.3. The van der Waals surface area contributed by atoms with Crippen LogP contribution in [0, 0.1) is 0 Å². The Labute approximate surface area is 109 Å². The van der Waals surface area contributed by atoms with Gasteiger partial charge in [0.05, 0.1) is 0 Å². The van der Waals surface area contributed by atoms with E-state index >= 15 is 0 Å². The van der Waals surface area contributed by atoms with Crippen molar-refractivity contribution in [1.82, 2.24) is 4.90 Å². The molecule has 1 heterocycles. The van der Waals surface area contributed by atoms with Crippen molar-refractivity contribution < 1.29 is 4.79 Å². The van der Waals surface area contributed by atoms with Crippen molar-refractivity contribution in [2.24, 2.45) is 0 Å². The molecule has 0 aliphatic carbocycles. The van der Waals surface area contributed by atoms with Crippen molar-refractivity contribution in [3.63, 3.8) is 0 Å². The number of carbonyl (C=O) groups is 1. The summed E-state index contributed by atoms with van der Waals surface area (Å²) in [6, 6.07) is 6.01. The van der Waals surface area contributed by atoms with Crippen LogP contribution in [0.25, 0.3) is 0 Å². The minimum atomic E-state index is 0.180. The number of nitrogens with one attached hydrogen (secondary N) is 1. The molecule has 0 radical (unpaired) electrons. The highest BCUT2D eigenvalue weighted by Crippen LogP contribution is 2.26. The molecule has 1 aliphatic rings. The van der Waals surface area contributed by atoms with E-state index < -0.39 is 0 Å². The Bertz CT molecular complexity index is 429. The van der Waals surface area contributed by atoms with Gasteiger partial charge in [-0.15, -0.1) is 0 Å². The molecule has 0 fully saturated rings. The van der Waals surface area contributed by atoms with E-state index in [0.29, 0.717) is 0 Å². The third-order valence-corrected chi connectivity index (χ3v) is 3.49. The van der Waals surface area contributed by atoms with E-state index in [-0.39, 0.29) is 5.91 Å². The number of amides is 1. The van der Waals surface area contributed by atoms with Gasteiger partial charge in [-0.05, 0) is 43.9 Å². The highest BCUT2D eigenvalue weighted by Gasteiger charge is 2.20. The van der Waals surface area contributed by atoms with Gasteiger partial charge in [0, 0.05) is 30.9 Å². The predicted octanol–water partition coefficient (Wildman–Crippen LogP) is 2.92. The first kappa shape index (κ1) is 12.9. The molecule has 18 heavy (non-hydrogen) atoms. The fraction of sp³-hybridized carbons (Fsp3) is 0.533. The first-order valence-corrected chi connectivity index (χ1v) is 6.93. The third-order valence-electron chi connectivity index (χ3n) is 3.49. The average molecular weight is 246 g/mol. The molecule has 0 spiro atoms. The molecule has 1 aliphatic heterocycles. The minimum Gasteiger partial charge on any atom is -0.385 e. The van der Waals surface area contributed by atoms with Gasteiger partial charge in [0.1, 0.15) is 0 Å². The van der Waals surface area contributed by atoms with Gasteiger partial charge < -0.3 is 10.2 Å². The number of hydrogen-bond donors (Lipinski definition) is 1. The number of benzene rings is 1. The van der Waals surface area contributed by atoms with Gasteiger partial charge in [0.2, 0.25) is 0 Å². The summed E-state index contributed by atoms with van der Waals surface area (Å²) in [5.74, 6) is 0.180. The molecule has 1 N–H and O–H groups in total. The molecule has 98 valence electrons. The maximum Gasteiger partial charge on any atom is 0.254 e. The largest absolute Gasteiger partial charge is 0.385 e. The molecule has 0 saturated heterocycles. The molecular formula is C15H22N2O. The van der Waals surface area contributed by atoms with E-state index in [0.717, 1.165) is 50.1 Å². The molecule has 0 unspecified atom stereocenters. The molecule has 2 rings (SSSR count). The normalized spacial score (nSPS) is 13.7. The molecule has 1 aromatic carbocycles. The maximum atomic E-state index is 12.5. The summed E-state index contributed by atoms with van der Waals surface area (Å²) < 4.78 is 0. The van der Waals surface area contributed by atoms with Crippen LogP contribution in [-0.2, 0) is 6.42 Å². The second kappa shape index (κ2) is 5.89. The average Bonchev–Trinajstić information content (AvgIpc) is 2.43. The van der Waals surface area contributed by atoms with Crippen LogP contribution in [0.5, 0.6) is 0 Å². The van der Waals surface area contributed by atoms with E-state index in [2.05, 4.69) is 18.3 Å². The summed E-state index contributed by atoms with van der Waals surface area (Å²) >= 11 is 0. The Morgan fingerprint density at radius 3 is 2.94 bits per heavy atom. The Hall–Kier alpha value is -1.51. The topological polar surface area (TPSA) is 32.3 Å². The molecule has 0 atom stereocenters. The lowest BCUT2D eigenvalue weighted by Crippen LogP contribution is -2.32. The Balaban J connectivity index is 2.29. The quantitative estimate of drug-likeness (QED) is 0.886. The standard InChI is InChI=1S/C15H22N2O/c1-3-11-17(4-2)15(18)13-7-5-9-14-12(13)8-6-10-16-14/h5,7,9,16H,3-4,6,8,10-11H2,1-2H3. The van der Waals surface area contributed by atoms with E-state index in [1.807, 2.05) is 24.0 Å². The van der Waals surface area contributed by atoms with Crippen molar-refractivity contribution in [2.75, 3.05) is 25.0 Å². The van der Waals surface area contributed by atoms with Crippen molar-refractivity contribution in [2.45, 2.75) is 33.1 Å². The third kappa shape index (κ3) is 2.50. The van der Waals surface area contributed by atoms with Crippen LogP contribution in [0.15, 0.2) is 18.2 Å². The fourth-order valence-corrected chi connectivity index (χ4v) is 2.55. The summed E-state index contributed by atoms with van der Waals surface area (Å²) in [7, 11) is 0. The lowest BCUT2D eigenvalue weighted by atomic mass is 9.97. The number of nitrogens with zero attached hydrogens (tertiary/aromatic N) is 1. The van der Waals surface area contributed by atoms with Crippen LogP contribution in [0.2, 0.25) is 0 Å². The van der Waals surface area contributed by atoms with Gasteiger partial charge in [-0.1, -0.05) is 13.0 Å². The summed E-state index contributed by atoms with van der Waals surface area (Å²) in [5.41, 5.74) is 3.22. The zero-order valence-corrected chi connectivity index (χ0v) is 11.3. The first-order chi connectivity index (χ1) is 8.77. The SMILES string of the molecule is CCCN(CC)C(=O)c1cccc2c1CCCN2. The number of hydrogen-bond acceptors (Lipinski definition) is 2. The second-order valence-corrected chi connectivity index (χ2v) is 4.75. The summed E-state index contributed by atoms with van der Waals surface area (Å²) in [4.78, 5) is 14.5. The van der Waals surface area contributed by atoms with E-state index in [9.17, 15) is 4.79 Å². The van der Waals surface area contributed by atoms with Gasteiger partial charge >= 0.3 is 0 Å². The molecular weight excluding hydrogens is 224 g/mol. The predicted molar refractivity (Wildman–Crippen MR) is 75.1 cm³/mol.